The Bertz CT molecular complexity index is 642. The van der Waals surface area contributed by atoms with E-state index in [1.54, 1.807) is 0 Å². The molecule has 0 fully saturated rings. The van der Waals surface area contributed by atoms with Gasteiger partial charge in [-0.25, -0.2) is 0 Å². The topological polar surface area (TPSA) is 34.0 Å². The molecule has 1 aromatic carbocycles. The van der Waals surface area contributed by atoms with Crippen LogP contribution in [0.3, 0.4) is 0 Å². The van der Waals surface area contributed by atoms with Crippen LogP contribution in [0.1, 0.15) is 43.4 Å². The van der Waals surface area contributed by atoms with Crippen LogP contribution in [-0.2, 0) is 18.3 Å². The van der Waals surface area contributed by atoms with E-state index in [9.17, 15) is 4.79 Å². The maximum Gasteiger partial charge on any atom is 0.219 e. The Kier molecular flexibility index (Phi) is 3.51. The van der Waals surface area contributed by atoms with Crippen molar-refractivity contribution in [3.8, 4) is 0 Å². The van der Waals surface area contributed by atoms with Crippen molar-refractivity contribution < 1.29 is 4.79 Å². The van der Waals surface area contributed by atoms with Gasteiger partial charge in [0.25, 0.3) is 0 Å². The largest absolute Gasteiger partial charge is 0.355 e. The number of nitrogens with zero attached hydrogens (tertiary/aromatic N) is 1. The average molecular weight is 270 g/mol. The van der Waals surface area contributed by atoms with Gasteiger partial charge >= 0.3 is 0 Å². The van der Waals surface area contributed by atoms with E-state index in [4.69, 9.17) is 0 Å². The summed E-state index contributed by atoms with van der Waals surface area (Å²) in [7, 11) is 2.16. The molecular formula is C17H22N2O. The number of hydrogen-bond donors (Lipinski definition) is 1. The zero-order valence-corrected chi connectivity index (χ0v) is 12.3. The predicted octanol–water partition coefficient (Wildman–Crippen LogP) is 3.12. The normalized spacial score (nSPS) is 18.0. The molecule has 0 aliphatic heterocycles. The second-order valence-corrected chi connectivity index (χ2v) is 5.68. The summed E-state index contributed by atoms with van der Waals surface area (Å²) in [4.78, 5) is 11.5. The van der Waals surface area contributed by atoms with Crippen LogP contribution in [-0.4, -0.2) is 17.0 Å². The van der Waals surface area contributed by atoms with E-state index >= 15 is 0 Å². The van der Waals surface area contributed by atoms with E-state index < -0.39 is 0 Å². The van der Waals surface area contributed by atoms with Gasteiger partial charge in [0.1, 0.15) is 0 Å². The van der Waals surface area contributed by atoms with Gasteiger partial charge in [0.2, 0.25) is 5.91 Å². The van der Waals surface area contributed by atoms with Crippen LogP contribution in [0.2, 0.25) is 0 Å². The summed E-state index contributed by atoms with van der Waals surface area (Å²) in [5.74, 6) is 0.609. The van der Waals surface area contributed by atoms with E-state index in [0.717, 1.165) is 13.0 Å². The lowest BCUT2D eigenvalue weighted by atomic mass is 9.85. The molecule has 1 amide bonds. The monoisotopic (exact) mass is 270 g/mol. The minimum absolute atomic E-state index is 0.150. The molecule has 0 unspecified atom stereocenters. The predicted molar refractivity (Wildman–Crippen MR) is 81.9 cm³/mol. The highest BCUT2D eigenvalue weighted by molar-refractivity contribution is 5.86. The summed E-state index contributed by atoms with van der Waals surface area (Å²) < 4.78 is 2.33. The molecular weight excluding hydrogens is 248 g/mol. The molecule has 1 aromatic heterocycles. The molecule has 3 heteroatoms. The molecule has 1 aliphatic rings. The van der Waals surface area contributed by atoms with Gasteiger partial charge in [-0.3, -0.25) is 4.79 Å². The molecule has 0 saturated heterocycles. The van der Waals surface area contributed by atoms with Gasteiger partial charge < -0.3 is 9.88 Å². The standard InChI is InChI=1S/C17H22N2O/c1-3-16(20)18-11-12-7-6-10-15-17(12)13-8-4-5-9-14(13)19(15)2/h4-5,8-9,12H,3,6-7,10-11H2,1-2H3,(H,18,20)/t12-/m0/s1. The number of carbonyl (C=O) groups excluding carboxylic acids is 1. The van der Waals surface area contributed by atoms with Gasteiger partial charge in [0, 0.05) is 42.5 Å². The smallest absolute Gasteiger partial charge is 0.219 e. The fourth-order valence-corrected chi connectivity index (χ4v) is 3.46. The SMILES string of the molecule is CCC(=O)NC[C@@H]1CCCc2c1c1ccccc1n2C. The van der Waals surface area contributed by atoms with Crippen LogP contribution < -0.4 is 5.32 Å². The fourth-order valence-electron chi connectivity index (χ4n) is 3.46. The van der Waals surface area contributed by atoms with Crippen LogP contribution >= 0.6 is 0 Å². The molecule has 0 saturated carbocycles. The Morgan fingerprint density at radius 2 is 2.20 bits per heavy atom. The Labute approximate surface area is 120 Å². The van der Waals surface area contributed by atoms with Gasteiger partial charge in [-0.1, -0.05) is 25.1 Å². The van der Waals surface area contributed by atoms with E-state index in [1.165, 1.54) is 35.0 Å². The number of para-hydroxylation sites is 1. The third kappa shape index (κ3) is 2.11. The third-order valence-corrected chi connectivity index (χ3v) is 4.51. The lowest BCUT2D eigenvalue weighted by molar-refractivity contribution is -0.120. The molecule has 20 heavy (non-hydrogen) atoms. The molecule has 2 aromatic rings. The molecule has 3 rings (SSSR count). The van der Waals surface area contributed by atoms with E-state index in [2.05, 4.69) is 41.2 Å². The number of hydrogen-bond acceptors (Lipinski definition) is 1. The molecule has 1 atom stereocenters. The molecule has 1 N–H and O–H groups in total. The molecule has 1 aliphatic carbocycles. The zero-order valence-electron chi connectivity index (χ0n) is 12.3. The van der Waals surface area contributed by atoms with Gasteiger partial charge in [0.15, 0.2) is 0 Å². The fraction of sp³-hybridized carbons (Fsp3) is 0.471. The van der Waals surface area contributed by atoms with Crippen molar-refractivity contribution in [1.82, 2.24) is 9.88 Å². The minimum atomic E-state index is 0.150. The first-order valence-electron chi connectivity index (χ1n) is 7.55. The van der Waals surface area contributed by atoms with Crippen LogP contribution in [0, 0.1) is 0 Å². The molecule has 106 valence electrons. The summed E-state index contributed by atoms with van der Waals surface area (Å²) in [5, 5.41) is 4.43. The van der Waals surface area contributed by atoms with Crippen molar-refractivity contribution in [3.05, 3.63) is 35.5 Å². The number of aryl methyl sites for hydroxylation is 1. The summed E-state index contributed by atoms with van der Waals surface area (Å²) in [6.07, 6.45) is 4.10. The van der Waals surface area contributed by atoms with Crippen molar-refractivity contribution in [2.24, 2.45) is 7.05 Å². The highest BCUT2D eigenvalue weighted by atomic mass is 16.1. The summed E-state index contributed by atoms with van der Waals surface area (Å²) in [6, 6.07) is 8.62. The van der Waals surface area contributed by atoms with E-state index in [-0.39, 0.29) is 5.91 Å². The number of benzene rings is 1. The first-order chi connectivity index (χ1) is 9.72. The van der Waals surface area contributed by atoms with E-state index in [1.807, 2.05) is 6.92 Å². The summed E-state index contributed by atoms with van der Waals surface area (Å²) >= 11 is 0. The van der Waals surface area contributed by atoms with Crippen molar-refractivity contribution in [3.63, 3.8) is 0 Å². The van der Waals surface area contributed by atoms with Gasteiger partial charge in [-0.2, -0.15) is 0 Å². The number of amides is 1. The Morgan fingerprint density at radius 1 is 1.40 bits per heavy atom. The van der Waals surface area contributed by atoms with E-state index in [0.29, 0.717) is 12.3 Å². The molecule has 1 heterocycles. The van der Waals surface area contributed by atoms with Gasteiger partial charge in [-0.15, -0.1) is 0 Å². The molecule has 0 spiro atoms. The number of rotatable bonds is 3. The van der Waals surface area contributed by atoms with Crippen LogP contribution in [0.15, 0.2) is 24.3 Å². The van der Waals surface area contributed by atoms with Crippen molar-refractivity contribution in [2.45, 2.75) is 38.5 Å². The van der Waals surface area contributed by atoms with Gasteiger partial charge in [-0.05, 0) is 30.9 Å². The lowest BCUT2D eigenvalue weighted by Gasteiger charge is -2.24. The summed E-state index contributed by atoms with van der Waals surface area (Å²) in [5.41, 5.74) is 4.23. The Morgan fingerprint density at radius 3 is 3.00 bits per heavy atom. The quantitative estimate of drug-likeness (QED) is 0.913. The lowest BCUT2D eigenvalue weighted by Crippen LogP contribution is -2.29. The summed E-state index contributed by atoms with van der Waals surface area (Å²) in [6.45, 7) is 2.67. The van der Waals surface area contributed by atoms with Gasteiger partial charge in [0.05, 0.1) is 0 Å². The van der Waals surface area contributed by atoms with Crippen LogP contribution in [0.5, 0.6) is 0 Å². The molecule has 0 bridgehead atoms. The first-order valence-corrected chi connectivity index (χ1v) is 7.55. The van der Waals surface area contributed by atoms with Crippen molar-refractivity contribution in [2.75, 3.05) is 6.54 Å². The third-order valence-electron chi connectivity index (χ3n) is 4.51. The number of carbonyl (C=O) groups is 1. The molecule has 3 nitrogen and oxygen atoms in total. The Balaban J connectivity index is 1.99. The number of aromatic nitrogens is 1. The first kappa shape index (κ1) is 13.2. The highest BCUT2D eigenvalue weighted by Gasteiger charge is 2.26. The maximum atomic E-state index is 11.5. The van der Waals surface area contributed by atoms with Crippen molar-refractivity contribution in [1.29, 1.82) is 0 Å². The Hall–Kier alpha value is -1.77. The van der Waals surface area contributed by atoms with Crippen LogP contribution in [0.25, 0.3) is 10.9 Å². The maximum absolute atomic E-state index is 11.5. The molecule has 0 radical (unpaired) electrons. The number of fused-ring (bicyclic) bond motifs is 3. The second kappa shape index (κ2) is 5.31. The average Bonchev–Trinajstić information content (AvgIpc) is 2.79. The number of nitrogens with one attached hydrogen (secondary N) is 1. The van der Waals surface area contributed by atoms with Crippen molar-refractivity contribution >= 4 is 16.8 Å². The minimum Gasteiger partial charge on any atom is -0.355 e. The zero-order chi connectivity index (χ0) is 14.1. The highest BCUT2D eigenvalue weighted by Crippen LogP contribution is 2.38. The van der Waals surface area contributed by atoms with Crippen LogP contribution in [0.4, 0.5) is 0 Å². The second-order valence-electron chi connectivity index (χ2n) is 5.68.